The number of nitrogens with one attached hydrogen (secondary N) is 3. The van der Waals surface area contributed by atoms with Crippen LogP contribution in [0.1, 0.15) is 33.1 Å². The summed E-state index contributed by atoms with van der Waals surface area (Å²) in [6, 6.07) is -5.20. The van der Waals surface area contributed by atoms with Crippen LogP contribution in [0.15, 0.2) is 4.99 Å². The van der Waals surface area contributed by atoms with Crippen molar-refractivity contribution < 1.29 is 34.2 Å². The normalized spacial score (nSPS) is 14.3. The van der Waals surface area contributed by atoms with Crippen LogP contribution in [0.2, 0.25) is 0 Å². The van der Waals surface area contributed by atoms with Crippen molar-refractivity contribution in [3.8, 4) is 0 Å². The largest absolute Gasteiger partial charge is 0.480 e. The fourth-order valence-electron chi connectivity index (χ4n) is 2.59. The minimum absolute atomic E-state index is 0.00613. The minimum atomic E-state index is -1.60. The van der Waals surface area contributed by atoms with Gasteiger partial charge in [0.05, 0.1) is 13.0 Å². The van der Waals surface area contributed by atoms with Crippen LogP contribution < -0.4 is 38.9 Å². The number of nitrogens with zero attached hydrogens (tertiary/aromatic N) is 1. The highest BCUT2D eigenvalue weighted by atomic mass is 16.4. The molecule has 4 unspecified atom stereocenters. The Morgan fingerprint density at radius 2 is 1.48 bits per heavy atom. The number of aliphatic hydroxyl groups is 1. The first kappa shape index (κ1) is 29.5. The second-order valence-electron chi connectivity index (χ2n) is 7.60. The van der Waals surface area contributed by atoms with Gasteiger partial charge in [-0.1, -0.05) is 13.8 Å². The van der Waals surface area contributed by atoms with E-state index in [4.69, 9.17) is 28.0 Å². The van der Waals surface area contributed by atoms with E-state index in [1.165, 1.54) is 0 Å². The molecule has 13 N–H and O–H groups in total. The van der Waals surface area contributed by atoms with Crippen molar-refractivity contribution in [2.45, 2.75) is 57.3 Å². The SMILES string of the molecule is CC(C)C(NC(=O)C(N)CO)C(=O)NC(CCCN=C(N)N)C(=O)NC(CC(N)=O)C(=O)O. The summed E-state index contributed by atoms with van der Waals surface area (Å²) in [5, 5.41) is 25.2. The first-order valence-electron chi connectivity index (χ1n) is 10.1. The zero-order chi connectivity index (χ0) is 25.7. The molecule has 0 heterocycles. The van der Waals surface area contributed by atoms with Crippen LogP contribution in [0.25, 0.3) is 0 Å². The topological polar surface area (TPSA) is 278 Å². The number of hydrogen-bond acceptors (Lipinski definition) is 8. The van der Waals surface area contributed by atoms with Gasteiger partial charge >= 0.3 is 5.97 Å². The average molecular weight is 475 g/mol. The Labute approximate surface area is 190 Å². The summed E-state index contributed by atoms with van der Waals surface area (Å²) in [6.07, 6.45) is -0.413. The molecular weight excluding hydrogens is 440 g/mol. The maximum atomic E-state index is 12.8. The standard InChI is InChI=1S/C18H34N8O7/c1-8(2)13(26-14(29)9(19)7-27)16(31)24-10(4-3-5-23-18(21)22)15(30)25-11(17(32)33)6-12(20)28/h8-11,13,27H,3-7,19H2,1-2H3,(H2,20,28)(H,24,31)(H,25,30)(H,26,29)(H,32,33)(H4,21,22,23). The molecule has 0 bridgehead atoms. The molecule has 0 aromatic heterocycles. The zero-order valence-electron chi connectivity index (χ0n) is 18.6. The Morgan fingerprint density at radius 3 is 1.94 bits per heavy atom. The van der Waals surface area contributed by atoms with Gasteiger partial charge in [0.15, 0.2) is 5.96 Å². The Hall–Kier alpha value is -3.46. The molecule has 0 aromatic carbocycles. The first-order chi connectivity index (χ1) is 15.3. The van der Waals surface area contributed by atoms with Crippen LogP contribution in [0.5, 0.6) is 0 Å². The lowest BCUT2D eigenvalue weighted by Crippen LogP contribution is -2.58. The molecule has 0 saturated carbocycles. The number of aliphatic carboxylic acids is 1. The maximum Gasteiger partial charge on any atom is 0.326 e. The average Bonchev–Trinajstić information content (AvgIpc) is 2.71. The van der Waals surface area contributed by atoms with E-state index in [0.29, 0.717) is 0 Å². The summed E-state index contributed by atoms with van der Waals surface area (Å²) >= 11 is 0. The molecule has 188 valence electrons. The van der Waals surface area contributed by atoms with Crippen LogP contribution in [-0.4, -0.2) is 83.1 Å². The molecule has 0 aliphatic rings. The molecule has 0 spiro atoms. The predicted molar refractivity (Wildman–Crippen MR) is 117 cm³/mol. The quantitative estimate of drug-likeness (QED) is 0.0622. The van der Waals surface area contributed by atoms with Gasteiger partial charge in [0, 0.05) is 6.54 Å². The van der Waals surface area contributed by atoms with Gasteiger partial charge in [0.1, 0.15) is 24.2 Å². The Balaban J connectivity index is 5.55. The number of carbonyl (C=O) groups excluding carboxylic acids is 4. The van der Waals surface area contributed by atoms with Gasteiger partial charge in [-0.25, -0.2) is 4.79 Å². The third-order valence-corrected chi connectivity index (χ3v) is 4.38. The fourth-order valence-corrected chi connectivity index (χ4v) is 2.59. The molecular formula is C18H34N8O7. The van der Waals surface area contributed by atoms with Crippen LogP contribution in [0, 0.1) is 5.92 Å². The van der Waals surface area contributed by atoms with Crippen molar-refractivity contribution in [1.82, 2.24) is 16.0 Å². The highest BCUT2D eigenvalue weighted by molar-refractivity contribution is 5.95. The number of amides is 4. The lowest BCUT2D eigenvalue weighted by Gasteiger charge is -2.26. The van der Waals surface area contributed by atoms with Gasteiger partial charge in [0.25, 0.3) is 0 Å². The van der Waals surface area contributed by atoms with E-state index in [1.807, 2.05) is 0 Å². The lowest BCUT2D eigenvalue weighted by atomic mass is 10.0. The summed E-state index contributed by atoms with van der Waals surface area (Å²) in [4.78, 5) is 63.7. The Kier molecular flexibility index (Phi) is 13.0. The van der Waals surface area contributed by atoms with Crippen molar-refractivity contribution in [3.05, 3.63) is 0 Å². The van der Waals surface area contributed by atoms with Crippen LogP contribution in [0.3, 0.4) is 0 Å². The van der Waals surface area contributed by atoms with Crippen LogP contribution >= 0.6 is 0 Å². The summed E-state index contributed by atoms with van der Waals surface area (Å²) in [5.41, 5.74) is 21.0. The molecule has 33 heavy (non-hydrogen) atoms. The fraction of sp³-hybridized carbons (Fsp3) is 0.667. The van der Waals surface area contributed by atoms with E-state index < -0.39 is 72.7 Å². The number of aliphatic hydroxyl groups excluding tert-OH is 1. The number of guanidine groups is 1. The van der Waals surface area contributed by atoms with E-state index in [-0.39, 0.29) is 25.3 Å². The molecule has 0 aliphatic heterocycles. The smallest absolute Gasteiger partial charge is 0.326 e. The zero-order valence-corrected chi connectivity index (χ0v) is 18.6. The third kappa shape index (κ3) is 11.6. The van der Waals surface area contributed by atoms with Gasteiger partial charge in [0.2, 0.25) is 23.6 Å². The van der Waals surface area contributed by atoms with E-state index in [9.17, 15) is 29.1 Å². The molecule has 0 saturated heterocycles. The first-order valence-corrected chi connectivity index (χ1v) is 10.1. The highest BCUT2D eigenvalue weighted by Gasteiger charge is 2.31. The molecule has 4 amide bonds. The summed E-state index contributed by atoms with van der Waals surface area (Å²) in [6.45, 7) is 2.76. The van der Waals surface area contributed by atoms with Crippen molar-refractivity contribution in [2.75, 3.05) is 13.2 Å². The highest BCUT2D eigenvalue weighted by Crippen LogP contribution is 2.06. The summed E-state index contributed by atoms with van der Waals surface area (Å²) < 4.78 is 0. The Bertz CT molecular complexity index is 739. The number of primary amides is 1. The third-order valence-electron chi connectivity index (χ3n) is 4.38. The van der Waals surface area contributed by atoms with Gasteiger partial charge in [-0.05, 0) is 18.8 Å². The van der Waals surface area contributed by atoms with E-state index in [0.717, 1.165) is 0 Å². The van der Waals surface area contributed by atoms with Crippen LogP contribution in [0.4, 0.5) is 0 Å². The van der Waals surface area contributed by atoms with Crippen LogP contribution in [-0.2, 0) is 24.0 Å². The summed E-state index contributed by atoms with van der Waals surface area (Å²) in [7, 11) is 0. The van der Waals surface area contributed by atoms with Gasteiger partial charge in [-0.3, -0.25) is 24.2 Å². The van der Waals surface area contributed by atoms with Crippen molar-refractivity contribution in [3.63, 3.8) is 0 Å². The van der Waals surface area contributed by atoms with Crippen molar-refractivity contribution in [2.24, 2.45) is 33.8 Å². The number of carboxylic acids is 1. The van der Waals surface area contributed by atoms with Crippen molar-refractivity contribution >= 4 is 35.6 Å². The van der Waals surface area contributed by atoms with Gasteiger partial charge in [-0.15, -0.1) is 0 Å². The number of hydrogen-bond donors (Lipinski definition) is 9. The maximum absolute atomic E-state index is 12.8. The van der Waals surface area contributed by atoms with E-state index >= 15 is 0 Å². The number of aliphatic imine (C=N–C) groups is 1. The molecule has 0 radical (unpaired) electrons. The second kappa shape index (κ2) is 14.6. The van der Waals surface area contributed by atoms with E-state index in [2.05, 4.69) is 20.9 Å². The molecule has 4 atom stereocenters. The van der Waals surface area contributed by atoms with Crippen molar-refractivity contribution in [1.29, 1.82) is 0 Å². The van der Waals surface area contributed by atoms with E-state index in [1.54, 1.807) is 13.8 Å². The number of nitrogens with two attached hydrogens (primary N) is 4. The number of carboxylic acid groups (broad SMARTS) is 1. The summed E-state index contributed by atoms with van der Waals surface area (Å²) in [5.74, 6) is -5.43. The van der Waals surface area contributed by atoms with Gasteiger partial charge < -0.3 is 49.1 Å². The molecule has 0 aromatic rings. The number of carbonyl (C=O) groups is 5. The molecule has 15 heteroatoms. The predicted octanol–water partition coefficient (Wildman–Crippen LogP) is -4.57. The molecule has 0 aliphatic carbocycles. The minimum Gasteiger partial charge on any atom is -0.480 e. The molecule has 0 fully saturated rings. The number of rotatable bonds is 15. The molecule has 15 nitrogen and oxygen atoms in total. The van der Waals surface area contributed by atoms with Gasteiger partial charge in [-0.2, -0.15) is 0 Å². The lowest BCUT2D eigenvalue weighted by molar-refractivity contribution is -0.143. The monoisotopic (exact) mass is 474 g/mol. The molecule has 0 rings (SSSR count). The Morgan fingerprint density at radius 1 is 0.909 bits per heavy atom. The second-order valence-corrected chi connectivity index (χ2v) is 7.60.